The van der Waals surface area contributed by atoms with Gasteiger partial charge in [-0.25, -0.2) is 0 Å². The van der Waals surface area contributed by atoms with Crippen molar-refractivity contribution < 1.29 is 0 Å². The maximum absolute atomic E-state index is 3.46. The van der Waals surface area contributed by atoms with E-state index >= 15 is 0 Å². The smallest absolute Gasteiger partial charge is 0.0246 e. The normalized spacial score (nSPS) is 11.8. The molecule has 2 nitrogen and oxygen atoms in total. The third kappa shape index (κ3) is 4.56. The van der Waals surface area contributed by atoms with E-state index in [2.05, 4.69) is 55.0 Å². The van der Waals surface area contributed by atoms with Crippen LogP contribution in [0, 0.1) is 0 Å². The molecule has 0 aliphatic heterocycles. The molecule has 90 valence electrons. The Balaban J connectivity index is 2.37. The van der Waals surface area contributed by atoms with Crippen molar-refractivity contribution >= 4 is 11.8 Å². The first-order valence-corrected chi connectivity index (χ1v) is 6.82. The number of nitrogens with one attached hydrogen (secondary N) is 2. The lowest BCUT2D eigenvalue weighted by atomic mass is 10.1. The van der Waals surface area contributed by atoms with Gasteiger partial charge in [-0.2, -0.15) is 0 Å². The number of thioether (sulfide) groups is 1. The van der Waals surface area contributed by atoms with E-state index in [0.717, 1.165) is 13.1 Å². The molecule has 0 heterocycles. The second-order valence-electron chi connectivity index (χ2n) is 4.59. The van der Waals surface area contributed by atoms with Crippen LogP contribution in [0.1, 0.15) is 19.4 Å². The maximum Gasteiger partial charge on any atom is 0.0246 e. The third-order valence-corrected chi connectivity index (χ3v) is 3.48. The molecule has 0 bridgehead atoms. The Hall–Kier alpha value is -0.510. The van der Waals surface area contributed by atoms with Crippen LogP contribution < -0.4 is 10.6 Å². The van der Waals surface area contributed by atoms with Crippen molar-refractivity contribution in [2.45, 2.75) is 30.8 Å². The van der Waals surface area contributed by atoms with Crippen molar-refractivity contribution in [3.05, 3.63) is 29.8 Å². The Bertz CT molecular complexity index is 306. The molecule has 0 fully saturated rings. The first-order valence-electron chi connectivity index (χ1n) is 5.60. The van der Waals surface area contributed by atoms with Crippen LogP contribution in [0.2, 0.25) is 0 Å². The van der Waals surface area contributed by atoms with E-state index in [9.17, 15) is 0 Å². The molecule has 0 spiro atoms. The molecule has 0 saturated heterocycles. The number of hydrogen-bond acceptors (Lipinski definition) is 3. The molecule has 0 aliphatic carbocycles. The fourth-order valence-electron chi connectivity index (χ4n) is 1.35. The molecule has 0 aliphatic rings. The van der Waals surface area contributed by atoms with Gasteiger partial charge in [0.1, 0.15) is 0 Å². The monoisotopic (exact) mass is 238 g/mol. The first-order chi connectivity index (χ1) is 7.57. The summed E-state index contributed by atoms with van der Waals surface area (Å²) in [7, 11) is 1.99. The highest BCUT2D eigenvalue weighted by Gasteiger charge is 2.12. The van der Waals surface area contributed by atoms with Gasteiger partial charge < -0.3 is 10.6 Å². The van der Waals surface area contributed by atoms with Crippen molar-refractivity contribution in [1.29, 1.82) is 0 Å². The summed E-state index contributed by atoms with van der Waals surface area (Å²) in [5.74, 6) is 0. The van der Waals surface area contributed by atoms with E-state index in [-0.39, 0.29) is 5.54 Å². The zero-order chi connectivity index (χ0) is 12.0. The minimum absolute atomic E-state index is 0.152. The summed E-state index contributed by atoms with van der Waals surface area (Å²) in [5.41, 5.74) is 1.49. The predicted octanol–water partition coefficient (Wildman–Crippen LogP) is 2.50. The molecule has 3 heteroatoms. The van der Waals surface area contributed by atoms with E-state index < -0.39 is 0 Å². The van der Waals surface area contributed by atoms with Gasteiger partial charge in [-0.05, 0) is 44.8 Å². The van der Waals surface area contributed by atoms with Gasteiger partial charge in [-0.1, -0.05) is 12.1 Å². The molecular formula is C13H22N2S. The van der Waals surface area contributed by atoms with Crippen molar-refractivity contribution in [2.24, 2.45) is 0 Å². The van der Waals surface area contributed by atoms with E-state index in [1.54, 1.807) is 11.8 Å². The molecule has 0 radical (unpaired) electrons. The van der Waals surface area contributed by atoms with E-state index in [4.69, 9.17) is 0 Å². The lowest BCUT2D eigenvalue weighted by Gasteiger charge is -2.24. The minimum atomic E-state index is 0.152. The highest BCUT2D eigenvalue weighted by atomic mass is 32.2. The maximum atomic E-state index is 3.46. The van der Waals surface area contributed by atoms with Gasteiger partial charge >= 0.3 is 0 Å². The average Bonchev–Trinajstić information content (AvgIpc) is 2.30. The number of likely N-dealkylation sites (N-methyl/N-ethyl adjacent to an activating group) is 1. The summed E-state index contributed by atoms with van der Waals surface area (Å²) in [5, 5.41) is 6.74. The molecule has 2 N–H and O–H groups in total. The van der Waals surface area contributed by atoms with E-state index in [1.807, 2.05) is 7.05 Å². The quantitative estimate of drug-likeness (QED) is 0.745. The molecule has 1 rings (SSSR count). The number of hydrogen-bond donors (Lipinski definition) is 2. The van der Waals surface area contributed by atoms with Gasteiger partial charge in [0.2, 0.25) is 0 Å². The fraction of sp³-hybridized carbons (Fsp3) is 0.538. The molecular weight excluding hydrogens is 216 g/mol. The summed E-state index contributed by atoms with van der Waals surface area (Å²) in [6, 6.07) is 8.71. The van der Waals surface area contributed by atoms with E-state index in [0.29, 0.717) is 0 Å². The minimum Gasteiger partial charge on any atom is -0.314 e. The van der Waals surface area contributed by atoms with Crippen molar-refractivity contribution in [3.8, 4) is 0 Å². The highest BCUT2D eigenvalue weighted by molar-refractivity contribution is 7.98. The predicted molar refractivity (Wildman–Crippen MR) is 73.1 cm³/mol. The average molecular weight is 238 g/mol. The van der Waals surface area contributed by atoms with Gasteiger partial charge in [0, 0.05) is 23.5 Å². The molecule has 1 aromatic carbocycles. The molecule has 16 heavy (non-hydrogen) atoms. The van der Waals surface area contributed by atoms with Crippen LogP contribution in [-0.4, -0.2) is 25.4 Å². The van der Waals surface area contributed by atoms with Crippen LogP contribution in [0.4, 0.5) is 0 Å². The van der Waals surface area contributed by atoms with Crippen LogP contribution in [0.25, 0.3) is 0 Å². The van der Waals surface area contributed by atoms with Crippen LogP contribution in [-0.2, 0) is 6.54 Å². The molecule has 1 aromatic rings. The van der Waals surface area contributed by atoms with Crippen LogP contribution in [0.15, 0.2) is 29.2 Å². The largest absolute Gasteiger partial charge is 0.314 e. The van der Waals surface area contributed by atoms with Crippen LogP contribution in [0.5, 0.6) is 0 Å². The second kappa shape index (κ2) is 6.28. The summed E-state index contributed by atoms with van der Waals surface area (Å²) in [4.78, 5) is 1.32. The molecule has 0 aromatic heterocycles. The van der Waals surface area contributed by atoms with Gasteiger partial charge in [-0.3, -0.25) is 0 Å². The molecule has 0 saturated carbocycles. The van der Waals surface area contributed by atoms with Crippen LogP contribution >= 0.6 is 11.8 Å². The van der Waals surface area contributed by atoms with Gasteiger partial charge in [0.05, 0.1) is 0 Å². The summed E-state index contributed by atoms with van der Waals surface area (Å²) in [6.07, 6.45) is 2.10. The second-order valence-corrected chi connectivity index (χ2v) is 5.47. The fourth-order valence-corrected chi connectivity index (χ4v) is 1.76. The topological polar surface area (TPSA) is 24.1 Å². The summed E-state index contributed by atoms with van der Waals surface area (Å²) < 4.78 is 0. The Morgan fingerprint density at radius 1 is 1.19 bits per heavy atom. The highest BCUT2D eigenvalue weighted by Crippen LogP contribution is 2.14. The Kier molecular flexibility index (Phi) is 5.32. The molecule has 0 atom stereocenters. The molecule has 0 unspecified atom stereocenters. The van der Waals surface area contributed by atoms with E-state index in [1.165, 1.54) is 10.5 Å². The lowest BCUT2D eigenvalue weighted by molar-refractivity contribution is 0.393. The van der Waals surface area contributed by atoms with Crippen molar-refractivity contribution in [2.75, 3.05) is 19.8 Å². The standard InChI is InChI=1S/C13H22N2S/c1-13(2,14-3)10-15-9-11-5-7-12(16-4)8-6-11/h5-8,14-15H,9-10H2,1-4H3. The SMILES string of the molecule is CNC(C)(C)CNCc1ccc(SC)cc1. The third-order valence-electron chi connectivity index (χ3n) is 2.73. The summed E-state index contributed by atoms with van der Waals surface area (Å²) in [6.45, 7) is 6.28. The number of rotatable bonds is 6. The molecule has 0 amide bonds. The van der Waals surface area contributed by atoms with Gasteiger partial charge in [0.15, 0.2) is 0 Å². The van der Waals surface area contributed by atoms with Crippen LogP contribution in [0.3, 0.4) is 0 Å². The lowest BCUT2D eigenvalue weighted by Crippen LogP contribution is -2.45. The summed E-state index contributed by atoms with van der Waals surface area (Å²) >= 11 is 1.78. The van der Waals surface area contributed by atoms with Gasteiger partial charge in [-0.15, -0.1) is 11.8 Å². The number of benzene rings is 1. The zero-order valence-electron chi connectivity index (χ0n) is 10.6. The Morgan fingerprint density at radius 2 is 1.81 bits per heavy atom. The van der Waals surface area contributed by atoms with Crippen molar-refractivity contribution in [1.82, 2.24) is 10.6 Å². The first kappa shape index (κ1) is 13.6. The zero-order valence-corrected chi connectivity index (χ0v) is 11.4. The Morgan fingerprint density at radius 3 is 2.31 bits per heavy atom. The van der Waals surface area contributed by atoms with Gasteiger partial charge in [0.25, 0.3) is 0 Å². The van der Waals surface area contributed by atoms with Crippen molar-refractivity contribution in [3.63, 3.8) is 0 Å². The Labute approximate surface area is 103 Å².